The first-order valence-corrected chi connectivity index (χ1v) is 8.11. The molecule has 0 aromatic heterocycles. The van der Waals surface area contributed by atoms with E-state index in [1.165, 1.54) is 12.5 Å². The van der Waals surface area contributed by atoms with Crippen molar-refractivity contribution in [2.24, 2.45) is 0 Å². The zero-order valence-electron chi connectivity index (χ0n) is 13.4. The lowest BCUT2D eigenvalue weighted by molar-refractivity contribution is -0.384. The molecule has 1 aromatic rings. The van der Waals surface area contributed by atoms with Crippen molar-refractivity contribution in [1.29, 1.82) is 0 Å². The van der Waals surface area contributed by atoms with Gasteiger partial charge in [0, 0.05) is 25.7 Å². The minimum atomic E-state index is -0.387. The number of nitro groups is 1. The van der Waals surface area contributed by atoms with Gasteiger partial charge in [-0.05, 0) is 25.3 Å². The normalized spacial score (nSPS) is 22.8. The Balaban J connectivity index is 1.89. The zero-order chi connectivity index (χ0) is 16.2. The first-order valence-electron chi connectivity index (χ1n) is 8.11. The first kappa shape index (κ1) is 16.0. The number of ether oxygens (including phenoxy) is 2. The summed E-state index contributed by atoms with van der Waals surface area (Å²) in [5.74, 6) is 0.569. The maximum Gasteiger partial charge on any atom is 0.273 e. The van der Waals surface area contributed by atoms with Gasteiger partial charge in [-0.1, -0.05) is 0 Å². The van der Waals surface area contributed by atoms with Crippen molar-refractivity contribution in [3.63, 3.8) is 0 Å². The first-order chi connectivity index (χ1) is 11.2. The smallest absolute Gasteiger partial charge is 0.273 e. The number of hydrogen-bond acceptors (Lipinski definition) is 6. The van der Waals surface area contributed by atoms with E-state index in [0.29, 0.717) is 11.9 Å². The molecule has 3 rings (SSSR count). The SMILES string of the molecule is COc1cc([N+](=O)[O-])ccc1N1CCCCC1N1CCOCC1. The van der Waals surface area contributed by atoms with Crippen LogP contribution in [-0.4, -0.2) is 55.9 Å². The van der Waals surface area contributed by atoms with Crippen LogP contribution in [0.25, 0.3) is 0 Å². The van der Waals surface area contributed by atoms with E-state index in [1.54, 1.807) is 13.2 Å². The van der Waals surface area contributed by atoms with Crippen LogP contribution >= 0.6 is 0 Å². The Morgan fingerprint density at radius 3 is 2.74 bits per heavy atom. The van der Waals surface area contributed by atoms with Gasteiger partial charge in [-0.25, -0.2) is 0 Å². The highest BCUT2D eigenvalue weighted by Crippen LogP contribution is 2.36. The van der Waals surface area contributed by atoms with E-state index in [2.05, 4.69) is 9.80 Å². The molecular weight excluding hydrogens is 298 g/mol. The molecule has 0 bridgehead atoms. The molecule has 1 aromatic carbocycles. The molecular formula is C16H23N3O4. The number of piperidine rings is 1. The van der Waals surface area contributed by atoms with Crippen LogP contribution in [0.5, 0.6) is 5.75 Å². The van der Waals surface area contributed by atoms with Crippen molar-refractivity contribution >= 4 is 11.4 Å². The van der Waals surface area contributed by atoms with Crippen LogP contribution in [0.4, 0.5) is 11.4 Å². The molecule has 7 heteroatoms. The van der Waals surface area contributed by atoms with E-state index in [9.17, 15) is 10.1 Å². The van der Waals surface area contributed by atoms with Gasteiger partial charge in [-0.15, -0.1) is 0 Å². The van der Waals surface area contributed by atoms with E-state index in [1.807, 2.05) is 6.07 Å². The predicted molar refractivity (Wildman–Crippen MR) is 87.0 cm³/mol. The minimum absolute atomic E-state index is 0.0607. The Morgan fingerprint density at radius 1 is 1.26 bits per heavy atom. The molecule has 1 atom stereocenters. The second-order valence-electron chi connectivity index (χ2n) is 5.93. The molecule has 2 aliphatic heterocycles. The number of non-ortho nitro benzene ring substituents is 1. The van der Waals surface area contributed by atoms with Crippen LogP contribution in [0.2, 0.25) is 0 Å². The predicted octanol–water partition coefficient (Wildman–Crippen LogP) is 2.25. The van der Waals surface area contributed by atoms with Gasteiger partial charge in [-0.2, -0.15) is 0 Å². The van der Waals surface area contributed by atoms with Crippen LogP contribution in [0.1, 0.15) is 19.3 Å². The molecule has 2 aliphatic rings. The quantitative estimate of drug-likeness (QED) is 0.626. The summed E-state index contributed by atoms with van der Waals surface area (Å²) in [7, 11) is 1.57. The molecule has 0 amide bonds. The molecule has 7 nitrogen and oxygen atoms in total. The molecule has 0 N–H and O–H groups in total. The average molecular weight is 321 g/mol. The Labute approximate surface area is 135 Å². The lowest BCUT2D eigenvalue weighted by Crippen LogP contribution is -2.54. The third kappa shape index (κ3) is 3.40. The molecule has 1 unspecified atom stereocenters. The number of nitrogens with zero attached hydrogens (tertiary/aromatic N) is 3. The Morgan fingerprint density at radius 2 is 2.04 bits per heavy atom. The Hall–Kier alpha value is -1.86. The molecule has 2 saturated heterocycles. The van der Waals surface area contributed by atoms with Gasteiger partial charge < -0.3 is 14.4 Å². The van der Waals surface area contributed by atoms with Crippen molar-refractivity contribution in [3.8, 4) is 5.75 Å². The molecule has 0 spiro atoms. The molecule has 0 aliphatic carbocycles. The number of anilines is 1. The summed E-state index contributed by atoms with van der Waals surface area (Å²) in [6, 6.07) is 4.89. The fourth-order valence-corrected chi connectivity index (χ4v) is 3.47. The molecule has 2 heterocycles. The average Bonchev–Trinajstić information content (AvgIpc) is 2.62. The fourth-order valence-electron chi connectivity index (χ4n) is 3.47. The standard InChI is InChI=1S/C16H23N3O4/c1-22-15-12-13(19(20)21)5-6-14(15)18-7-3-2-4-16(18)17-8-10-23-11-9-17/h5-6,12,16H,2-4,7-11H2,1H3. The van der Waals surface area contributed by atoms with Crippen molar-refractivity contribution in [1.82, 2.24) is 4.90 Å². The number of rotatable bonds is 4. The summed E-state index contributed by atoms with van der Waals surface area (Å²) < 4.78 is 10.9. The topological polar surface area (TPSA) is 68.1 Å². The van der Waals surface area contributed by atoms with Crippen molar-refractivity contribution < 1.29 is 14.4 Å². The summed E-state index contributed by atoms with van der Waals surface area (Å²) in [6.07, 6.45) is 3.73. The maximum atomic E-state index is 11.0. The van der Waals surface area contributed by atoms with E-state index < -0.39 is 0 Å². The van der Waals surface area contributed by atoms with Gasteiger partial charge in [0.1, 0.15) is 5.75 Å². The number of methoxy groups -OCH3 is 1. The molecule has 126 valence electrons. The van der Waals surface area contributed by atoms with Crippen LogP contribution in [-0.2, 0) is 4.74 Å². The van der Waals surface area contributed by atoms with E-state index in [4.69, 9.17) is 9.47 Å². The third-order valence-electron chi connectivity index (χ3n) is 4.62. The highest BCUT2D eigenvalue weighted by Gasteiger charge is 2.31. The van der Waals surface area contributed by atoms with Crippen LogP contribution in [0.3, 0.4) is 0 Å². The summed E-state index contributed by atoms with van der Waals surface area (Å²) in [4.78, 5) is 15.4. The monoisotopic (exact) mass is 321 g/mol. The van der Waals surface area contributed by atoms with Gasteiger partial charge in [0.2, 0.25) is 0 Å². The van der Waals surface area contributed by atoms with E-state index in [0.717, 1.165) is 51.4 Å². The Bertz CT molecular complexity index is 560. The van der Waals surface area contributed by atoms with Gasteiger partial charge >= 0.3 is 0 Å². The van der Waals surface area contributed by atoms with Crippen LogP contribution in [0.15, 0.2) is 18.2 Å². The fraction of sp³-hybridized carbons (Fsp3) is 0.625. The minimum Gasteiger partial charge on any atom is -0.494 e. The van der Waals surface area contributed by atoms with Crippen molar-refractivity contribution in [3.05, 3.63) is 28.3 Å². The number of morpholine rings is 1. The number of hydrogen-bond donors (Lipinski definition) is 0. The van der Waals surface area contributed by atoms with E-state index >= 15 is 0 Å². The lowest BCUT2D eigenvalue weighted by atomic mass is 10.0. The molecule has 0 saturated carbocycles. The van der Waals surface area contributed by atoms with Gasteiger partial charge in [0.25, 0.3) is 5.69 Å². The summed E-state index contributed by atoms with van der Waals surface area (Å²) >= 11 is 0. The molecule has 2 fully saturated rings. The van der Waals surface area contributed by atoms with Crippen molar-refractivity contribution in [2.75, 3.05) is 44.9 Å². The van der Waals surface area contributed by atoms with Gasteiger partial charge in [-0.3, -0.25) is 15.0 Å². The second kappa shape index (κ2) is 7.14. The summed E-state index contributed by atoms with van der Waals surface area (Å²) in [6.45, 7) is 4.33. The highest BCUT2D eigenvalue weighted by molar-refractivity contribution is 5.63. The van der Waals surface area contributed by atoms with E-state index in [-0.39, 0.29) is 10.6 Å². The Kier molecular flexibility index (Phi) is 4.97. The summed E-state index contributed by atoms with van der Waals surface area (Å²) in [5, 5.41) is 11.0. The van der Waals surface area contributed by atoms with Gasteiger partial charge in [0.15, 0.2) is 0 Å². The largest absolute Gasteiger partial charge is 0.494 e. The van der Waals surface area contributed by atoms with Crippen LogP contribution < -0.4 is 9.64 Å². The van der Waals surface area contributed by atoms with Gasteiger partial charge in [0.05, 0.1) is 43.2 Å². The lowest BCUT2D eigenvalue weighted by Gasteiger charge is -2.45. The highest BCUT2D eigenvalue weighted by atomic mass is 16.6. The van der Waals surface area contributed by atoms with Crippen LogP contribution in [0, 0.1) is 10.1 Å². The number of nitro benzene ring substituents is 1. The van der Waals surface area contributed by atoms with Crippen molar-refractivity contribution in [2.45, 2.75) is 25.4 Å². The summed E-state index contributed by atoms with van der Waals surface area (Å²) in [5.41, 5.74) is 1.000. The zero-order valence-corrected chi connectivity index (χ0v) is 13.4. The third-order valence-corrected chi connectivity index (χ3v) is 4.62. The maximum absolute atomic E-state index is 11.0. The molecule has 0 radical (unpaired) electrons. The number of benzene rings is 1. The molecule has 23 heavy (non-hydrogen) atoms. The second-order valence-corrected chi connectivity index (χ2v) is 5.93.